The molecule has 15 heavy (non-hydrogen) atoms. The average Bonchev–Trinajstić information content (AvgIpc) is 2.24. The van der Waals surface area contributed by atoms with Crippen LogP contribution in [0.2, 0.25) is 10.0 Å². The SMILES string of the molecule is C#CCCC(NN)c1cc(Cl)ccc1Cl. The summed E-state index contributed by atoms with van der Waals surface area (Å²) in [5.41, 5.74) is 3.56. The smallest absolute Gasteiger partial charge is 0.0484 e. The predicted molar refractivity (Wildman–Crippen MR) is 64.6 cm³/mol. The summed E-state index contributed by atoms with van der Waals surface area (Å²) in [4.78, 5) is 0. The van der Waals surface area contributed by atoms with Crippen LogP contribution < -0.4 is 11.3 Å². The Balaban J connectivity index is 2.91. The number of nitrogens with two attached hydrogens (primary N) is 1. The topological polar surface area (TPSA) is 38.0 Å². The molecule has 0 aliphatic rings. The van der Waals surface area contributed by atoms with Gasteiger partial charge in [0.15, 0.2) is 0 Å². The summed E-state index contributed by atoms with van der Waals surface area (Å²) in [5.74, 6) is 8.01. The molecule has 0 aliphatic carbocycles. The zero-order valence-corrected chi connectivity index (χ0v) is 9.65. The van der Waals surface area contributed by atoms with Gasteiger partial charge in [0.1, 0.15) is 0 Å². The van der Waals surface area contributed by atoms with E-state index >= 15 is 0 Å². The molecule has 0 bridgehead atoms. The van der Waals surface area contributed by atoms with Crippen molar-refractivity contribution in [2.24, 2.45) is 5.84 Å². The molecule has 0 fully saturated rings. The van der Waals surface area contributed by atoms with Gasteiger partial charge in [0.25, 0.3) is 0 Å². The van der Waals surface area contributed by atoms with Gasteiger partial charge in [0.2, 0.25) is 0 Å². The molecule has 0 aromatic heterocycles. The Bertz CT molecular complexity index is 371. The molecule has 1 atom stereocenters. The molecule has 4 heteroatoms. The molecule has 0 aliphatic heterocycles. The molecule has 0 saturated carbocycles. The Hall–Kier alpha value is -0.720. The molecule has 1 unspecified atom stereocenters. The minimum absolute atomic E-state index is 0.0627. The van der Waals surface area contributed by atoms with Crippen molar-refractivity contribution < 1.29 is 0 Å². The first-order chi connectivity index (χ1) is 7.19. The van der Waals surface area contributed by atoms with Gasteiger partial charge in [-0.1, -0.05) is 23.2 Å². The van der Waals surface area contributed by atoms with Gasteiger partial charge in [-0.3, -0.25) is 11.3 Å². The van der Waals surface area contributed by atoms with Gasteiger partial charge in [0, 0.05) is 22.5 Å². The van der Waals surface area contributed by atoms with Crippen LogP contribution in [0.3, 0.4) is 0 Å². The third kappa shape index (κ3) is 3.40. The molecule has 1 rings (SSSR count). The van der Waals surface area contributed by atoms with Crippen molar-refractivity contribution >= 4 is 23.2 Å². The van der Waals surface area contributed by atoms with E-state index in [1.54, 1.807) is 18.2 Å². The normalized spacial score (nSPS) is 12.1. The third-order valence-electron chi connectivity index (χ3n) is 2.11. The fourth-order valence-corrected chi connectivity index (χ4v) is 1.77. The summed E-state index contributed by atoms with van der Waals surface area (Å²) < 4.78 is 0. The fourth-order valence-electron chi connectivity index (χ4n) is 1.34. The van der Waals surface area contributed by atoms with Gasteiger partial charge in [-0.05, 0) is 30.2 Å². The molecule has 0 radical (unpaired) electrons. The summed E-state index contributed by atoms with van der Waals surface area (Å²) >= 11 is 11.9. The maximum Gasteiger partial charge on any atom is 0.0484 e. The van der Waals surface area contributed by atoms with Crippen molar-refractivity contribution in [3.05, 3.63) is 33.8 Å². The van der Waals surface area contributed by atoms with E-state index in [4.69, 9.17) is 35.5 Å². The molecule has 0 spiro atoms. The summed E-state index contributed by atoms with van der Waals surface area (Å²) in [6.07, 6.45) is 6.57. The van der Waals surface area contributed by atoms with E-state index in [0.29, 0.717) is 16.5 Å². The van der Waals surface area contributed by atoms with Gasteiger partial charge in [-0.15, -0.1) is 12.3 Å². The van der Waals surface area contributed by atoms with Crippen LogP contribution in [0.25, 0.3) is 0 Å². The fraction of sp³-hybridized carbons (Fsp3) is 0.273. The lowest BCUT2D eigenvalue weighted by Gasteiger charge is -2.16. The maximum absolute atomic E-state index is 6.04. The van der Waals surface area contributed by atoms with Crippen LogP contribution in [0, 0.1) is 12.3 Å². The number of hydrazine groups is 1. The first kappa shape index (κ1) is 12.4. The molecule has 1 aromatic carbocycles. The van der Waals surface area contributed by atoms with Crippen LogP contribution in [0.4, 0.5) is 0 Å². The molecule has 3 N–H and O–H groups in total. The van der Waals surface area contributed by atoms with Gasteiger partial charge in [-0.25, -0.2) is 0 Å². The second-order valence-corrected chi connectivity index (χ2v) is 3.97. The maximum atomic E-state index is 6.04. The highest BCUT2D eigenvalue weighted by molar-refractivity contribution is 6.33. The molecule has 2 nitrogen and oxygen atoms in total. The van der Waals surface area contributed by atoms with E-state index in [-0.39, 0.29) is 6.04 Å². The molecule has 1 aromatic rings. The number of hydrogen-bond acceptors (Lipinski definition) is 2. The Kier molecular flexibility index (Phi) is 4.93. The highest BCUT2D eigenvalue weighted by Crippen LogP contribution is 2.28. The largest absolute Gasteiger partial charge is 0.271 e. The monoisotopic (exact) mass is 242 g/mol. The number of rotatable bonds is 4. The zero-order valence-electron chi connectivity index (χ0n) is 8.13. The second kappa shape index (κ2) is 5.99. The highest BCUT2D eigenvalue weighted by Gasteiger charge is 2.12. The number of terminal acetylenes is 1. The second-order valence-electron chi connectivity index (χ2n) is 3.13. The molecule has 0 amide bonds. The van der Waals surface area contributed by atoms with Crippen molar-refractivity contribution in [3.8, 4) is 12.3 Å². The minimum Gasteiger partial charge on any atom is -0.271 e. The quantitative estimate of drug-likeness (QED) is 0.484. The number of nitrogens with one attached hydrogen (secondary N) is 1. The number of benzene rings is 1. The van der Waals surface area contributed by atoms with Crippen molar-refractivity contribution in [2.75, 3.05) is 0 Å². The van der Waals surface area contributed by atoms with Crippen LogP contribution in [0.15, 0.2) is 18.2 Å². The van der Waals surface area contributed by atoms with E-state index in [1.165, 1.54) is 0 Å². The molecule has 0 saturated heterocycles. The summed E-state index contributed by atoms with van der Waals surface area (Å²) in [5, 5.41) is 1.27. The van der Waals surface area contributed by atoms with E-state index in [9.17, 15) is 0 Å². The average molecular weight is 243 g/mol. The van der Waals surface area contributed by atoms with Crippen molar-refractivity contribution in [1.29, 1.82) is 0 Å². The van der Waals surface area contributed by atoms with Crippen molar-refractivity contribution in [3.63, 3.8) is 0 Å². The van der Waals surface area contributed by atoms with Gasteiger partial charge >= 0.3 is 0 Å². The first-order valence-corrected chi connectivity index (χ1v) is 5.29. The third-order valence-corrected chi connectivity index (χ3v) is 2.69. The molecular weight excluding hydrogens is 231 g/mol. The lowest BCUT2D eigenvalue weighted by Crippen LogP contribution is -2.28. The summed E-state index contributed by atoms with van der Waals surface area (Å²) in [6.45, 7) is 0. The van der Waals surface area contributed by atoms with Crippen molar-refractivity contribution in [1.82, 2.24) is 5.43 Å². The summed E-state index contributed by atoms with van der Waals surface area (Å²) in [7, 11) is 0. The van der Waals surface area contributed by atoms with E-state index in [2.05, 4.69) is 11.3 Å². The van der Waals surface area contributed by atoms with E-state index < -0.39 is 0 Å². The van der Waals surface area contributed by atoms with E-state index in [0.717, 1.165) is 12.0 Å². The van der Waals surface area contributed by atoms with Gasteiger partial charge < -0.3 is 0 Å². The Morgan fingerprint density at radius 1 is 1.47 bits per heavy atom. The Labute approximate surface area is 99.7 Å². The summed E-state index contributed by atoms with van der Waals surface area (Å²) in [6, 6.07) is 5.22. The minimum atomic E-state index is -0.0627. The zero-order chi connectivity index (χ0) is 11.3. The molecule has 0 heterocycles. The van der Waals surface area contributed by atoms with Gasteiger partial charge in [0.05, 0.1) is 0 Å². The van der Waals surface area contributed by atoms with Gasteiger partial charge in [-0.2, -0.15) is 0 Å². The number of hydrogen-bond donors (Lipinski definition) is 2. The predicted octanol–water partition coefficient (Wildman–Crippen LogP) is 2.91. The standard InChI is InChI=1S/C11H12Cl2N2/c1-2-3-4-11(15-14)9-7-8(12)5-6-10(9)13/h1,5-7,11,15H,3-4,14H2. The molecular formula is C11H12Cl2N2. The molecule has 80 valence electrons. The Morgan fingerprint density at radius 2 is 2.20 bits per heavy atom. The highest BCUT2D eigenvalue weighted by atomic mass is 35.5. The van der Waals surface area contributed by atoms with E-state index in [1.807, 2.05) is 0 Å². The lowest BCUT2D eigenvalue weighted by molar-refractivity contribution is 0.524. The first-order valence-electron chi connectivity index (χ1n) is 4.53. The van der Waals surface area contributed by atoms with Crippen LogP contribution >= 0.6 is 23.2 Å². The van der Waals surface area contributed by atoms with Crippen molar-refractivity contribution in [2.45, 2.75) is 18.9 Å². The van der Waals surface area contributed by atoms with Crippen LogP contribution in [-0.2, 0) is 0 Å². The van der Waals surface area contributed by atoms with Crippen LogP contribution in [-0.4, -0.2) is 0 Å². The number of halogens is 2. The van der Waals surface area contributed by atoms with Crippen LogP contribution in [0.1, 0.15) is 24.4 Å². The lowest BCUT2D eigenvalue weighted by atomic mass is 10.0. The Morgan fingerprint density at radius 3 is 2.80 bits per heavy atom. The van der Waals surface area contributed by atoms with Crippen LogP contribution in [0.5, 0.6) is 0 Å².